The van der Waals surface area contributed by atoms with Crippen molar-refractivity contribution in [1.29, 1.82) is 0 Å². The zero-order chi connectivity index (χ0) is 18.8. The number of nitrogen functional groups attached to an aromatic ring is 1. The van der Waals surface area contributed by atoms with E-state index in [9.17, 15) is 9.59 Å². The number of fused-ring (bicyclic) bond motifs is 1. The van der Waals surface area contributed by atoms with Crippen LogP contribution in [-0.2, 0) is 9.53 Å². The lowest BCUT2D eigenvalue weighted by atomic mass is 10.0. The number of carbonyl (C=O) groups is 2. The Hall–Kier alpha value is -2.80. The number of nitrogens with zero attached hydrogens (tertiary/aromatic N) is 1. The molecule has 0 unspecified atom stereocenters. The molecular formula is C19H22N2O5. The average Bonchev–Trinajstić information content (AvgIpc) is 2.99. The number of morpholine rings is 1. The minimum Gasteiger partial charge on any atom is -0.493 e. The Kier molecular flexibility index (Phi) is 4.99. The van der Waals surface area contributed by atoms with Crippen LogP contribution in [-0.4, -0.2) is 50.0 Å². The van der Waals surface area contributed by atoms with Crippen LogP contribution in [0.25, 0.3) is 16.5 Å². The number of furan rings is 1. The van der Waals surface area contributed by atoms with Gasteiger partial charge in [-0.25, -0.2) is 0 Å². The van der Waals surface area contributed by atoms with Gasteiger partial charge in [-0.15, -0.1) is 0 Å². The van der Waals surface area contributed by atoms with Crippen LogP contribution < -0.4 is 10.5 Å². The lowest BCUT2D eigenvalue weighted by Gasteiger charge is -2.25. The summed E-state index contributed by atoms with van der Waals surface area (Å²) in [5.74, 6) is 0.231. The van der Waals surface area contributed by atoms with Crippen LogP contribution in [0.1, 0.15) is 30.0 Å². The van der Waals surface area contributed by atoms with Crippen molar-refractivity contribution < 1.29 is 23.5 Å². The van der Waals surface area contributed by atoms with E-state index >= 15 is 0 Å². The number of carbonyl (C=O) groups excluding carboxylic acids is 2. The fourth-order valence-electron chi connectivity index (χ4n) is 3.09. The van der Waals surface area contributed by atoms with Crippen molar-refractivity contribution in [3.05, 3.63) is 29.5 Å². The average molecular weight is 358 g/mol. The Labute approximate surface area is 151 Å². The van der Waals surface area contributed by atoms with Gasteiger partial charge in [-0.1, -0.05) is 6.07 Å². The van der Waals surface area contributed by atoms with Gasteiger partial charge >= 0.3 is 0 Å². The second kappa shape index (κ2) is 7.21. The second-order valence-corrected chi connectivity index (χ2v) is 6.19. The van der Waals surface area contributed by atoms with Crippen LogP contribution in [0, 0.1) is 0 Å². The third-order valence-corrected chi connectivity index (χ3v) is 4.47. The number of ether oxygens (including phenoxy) is 2. The zero-order valence-corrected chi connectivity index (χ0v) is 15.1. The number of rotatable bonds is 4. The monoisotopic (exact) mass is 358 g/mol. The molecule has 7 nitrogen and oxygen atoms in total. The molecule has 1 saturated heterocycles. The molecule has 138 valence electrons. The van der Waals surface area contributed by atoms with Gasteiger partial charge in [0.05, 0.1) is 31.4 Å². The summed E-state index contributed by atoms with van der Waals surface area (Å²) >= 11 is 0. The van der Waals surface area contributed by atoms with E-state index in [-0.39, 0.29) is 23.1 Å². The van der Waals surface area contributed by atoms with Gasteiger partial charge in [-0.2, -0.15) is 0 Å². The number of allylic oxidation sites excluding steroid dienone is 1. The van der Waals surface area contributed by atoms with E-state index in [1.165, 1.54) is 14.0 Å². The number of amides is 1. The molecule has 3 rings (SSSR count). The predicted octanol–water partition coefficient (Wildman–Crippen LogP) is 2.49. The molecule has 1 aromatic heterocycles. The Bertz CT molecular complexity index is 891. The minimum absolute atomic E-state index is 0.0800. The van der Waals surface area contributed by atoms with E-state index in [1.807, 2.05) is 13.0 Å². The van der Waals surface area contributed by atoms with Gasteiger partial charge in [-0.3, -0.25) is 9.59 Å². The molecule has 1 aliphatic heterocycles. The lowest BCUT2D eigenvalue weighted by Crippen LogP contribution is -2.39. The number of anilines is 1. The molecule has 1 amide bonds. The highest BCUT2D eigenvalue weighted by atomic mass is 16.5. The van der Waals surface area contributed by atoms with Gasteiger partial charge in [-0.05, 0) is 24.1 Å². The van der Waals surface area contributed by atoms with Crippen molar-refractivity contribution in [2.75, 3.05) is 39.1 Å². The van der Waals surface area contributed by atoms with Crippen LogP contribution in [0.4, 0.5) is 5.69 Å². The first-order chi connectivity index (χ1) is 12.4. The highest BCUT2D eigenvalue weighted by Crippen LogP contribution is 2.39. The van der Waals surface area contributed by atoms with E-state index < -0.39 is 0 Å². The van der Waals surface area contributed by atoms with E-state index in [4.69, 9.17) is 19.6 Å². The maximum atomic E-state index is 12.5. The van der Waals surface area contributed by atoms with Gasteiger partial charge in [0.1, 0.15) is 0 Å². The molecule has 7 heteroatoms. The summed E-state index contributed by atoms with van der Waals surface area (Å²) in [4.78, 5) is 26.0. The summed E-state index contributed by atoms with van der Waals surface area (Å²) in [7, 11) is 1.52. The fraction of sp³-hybridized carbons (Fsp3) is 0.368. The van der Waals surface area contributed by atoms with Crippen molar-refractivity contribution in [1.82, 2.24) is 4.90 Å². The molecule has 1 fully saturated rings. The van der Waals surface area contributed by atoms with E-state index in [0.717, 1.165) is 11.1 Å². The normalized spacial score (nSPS) is 15.3. The number of ketones is 1. The van der Waals surface area contributed by atoms with Gasteiger partial charge in [0.25, 0.3) is 0 Å². The Morgan fingerprint density at radius 2 is 1.92 bits per heavy atom. The molecular weight excluding hydrogens is 336 g/mol. The van der Waals surface area contributed by atoms with Crippen molar-refractivity contribution in [2.45, 2.75) is 13.8 Å². The van der Waals surface area contributed by atoms with Crippen LogP contribution >= 0.6 is 0 Å². The first-order valence-electron chi connectivity index (χ1n) is 8.39. The molecule has 0 spiro atoms. The number of methoxy groups -OCH3 is 1. The van der Waals surface area contributed by atoms with E-state index in [1.54, 1.807) is 17.0 Å². The van der Waals surface area contributed by atoms with Crippen LogP contribution in [0.5, 0.6) is 5.75 Å². The van der Waals surface area contributed by atoms with Gasteiger partial charge in [0.2, 0.25) is 5.91 Å². The summed E-state index contributed by atoms with van der Waals surface area (Å²) < 4.78 is 16.2. The van der Waals surface area contributed by atoms with Crippen molar-refractivity contribution in [2.24, 2.45) is 0 Å². The molecule has 2 heterocycles. The Morgan fingerprint density at radius 1 is 1.23 bits per heavy atom. The molecule has 0 atom stereocenters. The predicted molar refractivity (Wildman–Crippen MR) is 98.2 cm³/mol. The smallest absolute Gasteiger partial charge is 0.246 e. The molecule has 1 aliphatic rings. The van der Waals surface area contributed by atoms with Crippen molar-refractivity contribution >= 4 is 33.9 Å². The van der Waals surface area contributed by atoms with E-state index in [0.29, 0.717) is 43.0 Å². The number of Topliss-reactive ketones (excluding diaryl/α,β-unsaturated/α-hetero) is 1. The number of benzene rings is 1. The second-order valence-electron chi connectivity index (χ2n) is 6.19. The molecule has 1 aromatic carbocycles. The lowest BCUT2D eigenvalue weighted by molar-refractivity contribution is -0.129. The van der Waals surface area contributed by atoms with E-state index in [2.05, 4.69) is 0 Å². The standard InChI is InChI=1S/C19H22N2O5/c1-11(10-15(23)21-6-8-25-9-7-21)13-4-5-14(24-3)19-16(13)17(20)18(26-19)12(2)22/h4-5,10H,6-9,20H2,1-3H3/b11-10+. The molecule has 0 saturated carbocycles. The van der Waals surface area contributed by atoms with Crippen molar-refractivity contribution in [3.8, 4) is 5.75 Å². The molecule has 0 radical (unpaired) electrons. The molecule has 26 heavy (non-hydrogen) atoms. The Balaban J connectivity index is 2.07. The highest BCUT2D eigenvalue weighted by molar-refractivity contribution is 6.11. The third-order valence-electron chi connectivity index (χ3n) is 4.47. The molecule has 0 bridgehead atoms. The Morgan fingerprint density at radius 3 is 2.54 bits per heavy atom. The first kappa shape index (κ1) is 18.0. The maximum Gasteiger partial charge on any atom is 0.246 e. The van der Waals surface area contributed by atoms with Crippen molar-refractivity contribution in [3.63, 3.8) is 0 Å². The fourth-order valence-corrected chi connectivity index (χ4v) is 3.09. The highest BCUT2D eigenvalue weighted by Gasteiger charge is 2.22. The topological polar surface area (TPSA) is 95.0 Å². The summed E-state index contributed by atoms with van der Waals surface area (Å²) in [5, 5.41) is 0.582. The van der Waals surface area contributed by atoms with Crippen LogP contribution in [0.15, 0.2) is 22.6 Å². The molecule has 0 aliphatic carbocycles. The third kappa shape index (κ3) is 3.17. The summed E-state index contributed by atoms with van der Waals surface area (Å²) in [6.07, 6.45) is 1.58. The SMILES string of the molecule is COc1ccc(/C(C)=C/C(=O)N2CCOCC2)c2c(N)c(C(C)=O)oc12. The van der Waals surface area contributed by atoms with Gasteiger partial charge < -0.3 is 24.5 Å². The molecule has 2 aromatic rings. The maximum absolute atomic E-state index is 12.5. The van der Waals surface area contributed by atoms with Crippen LogP contribution in [0.2, 0.25) is 0 Å². The summed E-state index contributed by atoms with van der Waals surface area (Å²) in [6, 6.07) is 3.55. The summed E-state index contributed by atoms with van der Waals surface area (Å²) in [6.45, 7) is 5.46. The largest absolute Gasteiger partial charge is 0.493 e. The molecule has 2 N–H and O–H groups in total. The summed E-state index contributed by atoms with van der Waals surface area (Å²) in [5.41, 5.74) is 8.29. The number of hydrogen-bond donors (Lipinski definition) is 1. The quantitative estimate of drug-likeness (QED) is 0.666. The number of nitrogens with two attached hydrogens (primary N) is 1. The minimum atomic E-state index is -0.266. The zero-order valence-electron chi connectivity index (χ0n) is 15.1. The first-order valence-corrected chi connectivity index (χ1v) is 8.39. The number of hydrogen-bond acceptors (Lipinski definition) is 6. The van der Waals surface area contributed by atoms with Gasteiger partial charge in [0, 0.05) is 26.1 Å². The van der Waals surface area contributed by atoms with Crippen LogP contribution in [0.3, 0.4) is 0 Å². The van der Waals surface area contributed by atoms with Gasteiger partial charge in [0.15, 0.2) is 22.9 Å².